The van der Waals surface area contributed by atoms with Gasteiger partial charge in [-0.15, -0.1) is 13.2 Å². The molecule has 0 radical (unpaired) electrons. The Balaban J connectivity index is 1.75. The van der Waals surface area contributed by atoms with Crippen molar-refractivity contribution in [3.63, 3.8) is 0 Å². The molecule has 0 saturated heterocycles. The SMILES string of the molecule is C=CCCOC(=O)N(C)C1CC(=NOC(C)(C)C)C2=CC(CCCCO)C(CCCCO)C3c4cc(Oc5ccc(OC)c(C=O)c5)ccc4OC1(OCC=C)C23. The number of carbonyl (C=O) groups is 2. The number of aldehydes is 1. The number of aliphatic hydroxyl groups excluding tert-OH is 2. The highest BCUT2D eigenvalue weighted by molar-refractivity contribution is 6.03. The molecule has 1 saturated carbocycles. The number of rotatable bonds is 20. The number of nitrogens with zero attached hydrogens (tertiary/aromatic N) is 2. The smallest absolute Gasteiger partial charge is 0.409 e. The third-order valence-electron chi connectivity index (χ3n) is 10.9. The van der Waals surface area contributed by atoms with Crippen LogP contribution in [0.3, 0.4) is 0 Å². The van der Waals surface area contributed by atoms with Crippen LogP contribution in [0.4, 0.5) is 4.79 Å². The van der Waals surface area contributed by atoms with Crippen LogP contribution in [0.15, 0.2) is 78.5 Å². The van der Waals surface area contributed by atoms with Crippen molar-refractivity contribution in [2.45, 2.75) is 95.5 Å². The molecule has 12 heteroatoms. The fourth-order valence-corrected chi connectivity index (χ4v) is 8.45. The lowest BCUT2D eigenvalue weighted by Gasteiger charge is -2.59. The van der Waals surface area contributed by atoms with Crippen LogP contribution in [0.2, 0.25) is 0 Å². The molecule has 1 heterocycles. The number of allylic oxidation sites excluding steroid dienone is 1. The number of oxime groups is 1. The number of methoxy groups -OCH3 is 1. The topological polar surface area (TPSA) is 146 Å². The van der Waals surface area contributed by atoms with Crippen molar-refractivity contribution < 1.29 is 48.3 Å². The molecule has 1 amide bonds. The lowest BCUT2D eigenvalue weighted by Crippen LogP contribution is -2.69. The molecule has 310 valence electrons. The Labute approximate surface area is 337 Å². The van der Waals surface area contributed by atoms with Crippen LogP contribution in [0.25, 0.3) is 0 Å². The van der Waals surface area contributed by atoms with E-state index in [4.69, 9.17) is 33.7 Å². The van der Waals surface area contributed by atoms with Crippen molar-refractivity contribution in [3.05, 3.63) is 84.5 Å². The average Bonchev–Trinajstić information content (AvgIpc) is 3.20. The second-order valence-corrected chi connectivity index (χ2v) is 15.9. The standard InChI is InChI=1S/C45H60N2O10/c1-8-10-24-53-43(51)47(6)40-28-37(46-57-44(3,4)5)35-26-30(15-11-13-21-48)34(16-12-14-22-49)41-36-27-33(55-32-17-19-38(52-7)31(25-32)29-50)18-20-39(36)56-45(40,42(35)41)54-23-9-2/h8-9,17-20,25-27,29-30,34,40-42,48-49H,1-2,10-16,21-24,28H2,3-7H3. The first-order chi connectivity index (χ1) is 27.4. The van der Waals surface area contributed by atoms with Crippen molar-refractivity contribution in [2.75, 3.05) is 40.6 Å². The minimum absolute atomic E-state index is 0.0321. The zero-order chi connectivity index (χ0) is 41.2. The van der Waals surface area contributed by atoms with Crippen molar-refractivity contribution >= 4 is 18.1 Å². The average molecular weight is 789 g/mol. The number of hydrogen-bond donors (Lipinski definition) is 2. The third-order valence-corrected chi connectivity index (χ3v) is 10.9. The molecule has 1 fully saturated rings. The van der Waals surface area contributed by atoms with Crippen LogP contribution in [0.1, 0.15) is 94.0 Å². The number of fused-ring (bicyclic) bond motifs is 2. The highest BCUT2D eigenvalue weighted by atomic mass is 16.7. The van der Waals surface area contributed by atoms with E-state index in [0.717, 1.165) is 43.1 Å². The quantitative estimate of drug-likeness (QED) is 0.0581. The number of benzene rings is 2. The van der Waals surface area contributed by atoms with E-state index in [9.17, 15) is 19.8 Å². The molecule has 12 nitrogen and oxygen atoms in total. The van der Waals surface area contributed by atoms with Gasteiger partial charge >= 0.3 is 6.09 Å². The van der Waals surface area contributed by atoms with Gasteiger partial charge in [-0.25, -0.2) is 4.79 Å². The van der Waals surface area contributed by atoms with Gasteiger partial charge in [0.25, 0.3) is 0 Å². The summed E-state index contributed by atoms with van der Waals surface area (Å²) in [4.78, 5) is 33.4. The minimum Gasteiger partial charge on any atom is -0.496 e. The summed E-state index contributed by atoms with van der Waals surface area (Å²) in [6, 6.07) is 10.1. The Morgan fingerprint density at radius 2 is 1.75 bits per heavy atom. The fraction of sp³-hybridized carbons (Fsp3) is 0.533. The largest absolute Gasteiger partial charge is 0.496 e. The summed E-state index contributed by atoms with van der Waals surface area (Å²) in [5.41, 5.74) is 2.28. The van der Waals surface area contributed by atoms with Gasteiger partial charge < -0.3 is 43.6 Å². The van der Waals surface area contributed by atoms with Crippen molar-refractivity contribution in [1.82, 2.24) is 4.90 Å². The summed E-state index contributed by atoms with van der Waals surface area (Å²) in [6.45, 7) is 14.0. The van der Waals surface area contributed by atoms with E-state index in [-0.39, 0.29) is 50.6 Å². The Kier molecular flexibility index (Phi) is 15.0. The number of aliphatic hydroxyl groups is 2. The Bertz CT molecular complexity index is 1780. The van der Waals surface area contributed by atoms with Crippen LogP contribution in [-0.2, 0) is 14.3 Å². The molecule has 6 atom stereocenters. The van der Waals surface area contributed by atoms with E-state index in [1.54, 1.807) is 42.3 Å². The van der Waals surface area contributed by atoms with Gasteiger partial charge in [0.2, 0.25) is 5.79 Å². The van der Waals surface area contributed by atoms with E-state index < -0.39 is 29.4 Å². The second kappa shape index (κ2) is 19.7. The molecular weight excluding hydrogens is 728 g/mol. The molecule has 2 aliphatic carbocycles. The zero-order valence-corrected chi connectivity index (χ0v) is 34.1. The summed E-state index contributed by atoms with van der Waals surface area (Å²) in [6.07, 6.45) is 11.1. The number of hydrogen-bond acceptors (Lipinski definition) is 11. The molecule has 57 heavy (non-hydrogen) atoms. The van der Waals surface area contributed by atoms with Gasteiger partial charge in [0.1, 0.15) is 34.6 Å². The number of carbonyl (C=O) groups excluding carboxylic acids is 2. The van der Waals surface area contributed by atoms with Crippen molar-refractivity contribution in [2.24, 2.45) is 22.9 Å². The van der Waals surface area contributed by atoms with Crippen molar-refractivity contribution in [3.8, 4) is 23.0 Å². The summed E-state index contributed by atoms with van der Waals surface area (Å²) < 4.78 is 31.6. The van der Waals surface area contributed by atoms with Crippen LogP contribution >= 0.6 is 0 Å². The minimum atomic E-state index is -1.41. The first-order valence-electron chi connectivity index (χ1n) is 20.0. The van der Waals surface area contributed by atoms with Gasteiger partial charge in [0, 0.05) is 38.2 Å². The van der Waals surface area contributed by atoms with Crippen LogP contribution in [0.5, 0.6) is 23.0 Å². The lowest BCUT2D eigenvalue weighted by atomic mass is 9.55. The molecule has 3 aliphatic rings. The van der Waals surface area contributed by atoms with E-state index in [1.807, 2.05) is 39.0 Å². The van der Waals surface area contributed by atoms with Crippen LogP contribution in [-0.4, -0.2) is 91.2 Å². The Morgan fingerprint density at radius 3 is 2.42 bits per heavy atom. The molecule has 2 aromatic carbocycles. The summed E-state index contributed by atoms with van der Waals surface area (Å²) in [7, 11) is 3.21. The summed E-state index contributed by atoms with van der Waals surface area (Å²) in [5.74, 6) is -0.00181. The number of likely N-dealkylation sites (N-methyl/N-ethyl adjacent to an activating group) is 1. The highest BCUT2D eigenvalue weighted by Crippen LogP contribution is 2.62. The maximum atomic E-state index is 13.8. The number of amides is 1. The molecule has 0 aromatic heterocycles. The number of unbranched alkanes of at least 4 members (excludes halogenated alkanes) is 2. The molecule has 6 unspecified atom stereocenters. The predicted octanol–water partition coefficient (Wildman–Crippen LogP) is 8.38. The molecule has 5 rings (SSSR count). The molecule has 0 bridgehead atoms. The van der Waals surface area contributed by atoms with Gasteiger partial charge in [-0.3, -0.25) is 4.79 Å². The molecule has 2 aromatic rings. The molecule has 0 spiro atoms. The summed E-state index contributed by atoms with van der Waals surface area (Å²) >= 11 is 0. The first kappa shape index (κ1) is 43.5. The normalized spacial score (nSPS) is 24.2. The van der Waals surface area contributed by atoms with E-state index >= 15 is 0 Å². The highest BCUT2D eigenvalue weighted by Gasteiger charge is 2.65. The molecule has 2 N–H and O–H groups in total. The fourth-order valence-electron chi connectivity index (χ4n) is 8.45. The summed E-state index contributed by atoms with van der Waals surface area (Å²) in [5, 5.41) is 24.5. The maximum Gasteiger partial charge on any atom is 0.409 e. The van der Waals surface area contributed by atoms with Gasteiger partial charge in [-0.2, -0.15) is 0 Å². The zero-order valence-electron chi connectivity index (χ0n) is 34.1. The van der Waals surface area contributed by atoms with Gasteiger partial charge in [-0.05, 0) is 107 Å². The van der Waals surface area contributed by atoms with E-state index in [1.165, 1.54) is 7.11 Å². The van der Waals surface area contributed by atoms with Crippen molar-refractivity contribution in [1.29, 1.82) is 0 Å². The van der Waals surface area contributed by atoms with Crippen LogP contribution in [0, 0.1) is 17.8 Å². The Hall–Kier alpha value is -4.65. The second-order valence-electron chi connectivity index (χ2n) is 15.9. The lowest BCUT2D eigenvalue weighted by molar-refractivity contribution is -0.253. The maximum absolute atomic E-state index is 13.8. The van der Waals surface area contributed by atoms with E-state index in [0.29, 0.717) is 53.5 Å². The third kappa shape index (κ3) is 9.91. The molecule has 1 aliphatic heterocycles. The Morgan fingerprint density at radius 1 is 1.04 bits per heavy atom. The number of ether oxygens (including phenoxy) is 5. The van der Waals surface area contributed by atoms with E-state index in [2.05, 4.69) is 19.2 Å². The molecular formula is C45H60N2O10. The first-order valence-corrected chi connectivity index (χ1v) is 20.0. The van der Waals surface area contributed by atoms with Gasteiger partial charge in [0.05, 0.1) is 37.5 Å². The monoisotopic (exact) mass is 788 g/mol. The predicted molar refractivity (Wildman–Crippen MR) is 218 cm³/mol. The van der Waals surface area contributed by atoms with Gasteiger partial charge in [0.15, 0.2) is 6.29 Å². The van der Waals surface area contributed by atoms with Crippen LogP contribution < -0.4 is 14.2 Å². The van der Waals surface area contributed by atoms with Gasteiger partial charge in [-0.1, -0.05) is 36.2 Å².